The number of fused-ring (bicyclic) bond motifs is 1. The molecule has 2 amide bonds. The Bertz CT molecular complexity index is 1510. The second-order valence-electron chi connectivity index (χ2n) is 9.71. The van der Waals surface area contributed by atoms with E-state index in [0.717, 1.165) is 35.6 Å². The maximum Gasteiger partial charge on any atom is 0.416 e. The van der Waals surface area contributed by atoms with Crippen LogP contribution in [0.3, 0.4) is 0 Å². The Labute approximate surface area is 230 Å². The number of nitrogens with zero attached hydrogens (tertiary/aromatic N) is 5. The Morgan fingerprint density at radius 1 is 0.975 bits per heavy atom. The molecule has 0 radical (unpaired) electrons. The van der Waals surface area contributed by atoms with Crippen LogP contribution < -0.4 is 16.4 Å². The van der Waals surface area contributed by atoms with E-state index in [2.05, 4.69) is 25.6 Å². The highest BCUT2D eigenvalue weighted by Gasteiger charge is 2.34. The van der Waals surface area contributed by atoms with E-state index >= 15 is 0 Å². The normalized spacial score (nSPS) is 14.6. The molecular formula is C28H33F3N8O. The van der Waals surface area contributed by atoms with Gasteiger partial charge in [-0.05, 0) is 42.9 Å². The van der Waals surface area contributed by atoms with E-state index in [9.17, 15) is 18.0 Å². The number of amides is 2. The van der Waals surface area contributed by atoms with Crippen molar-refractivity contribution in [1.29, 1.82) is 0 Å². The summed E-state index contributed by atoms with van der Waals surface area (Å²) in [4.78, 5) is 21.1. The smallest absolute Gasteiger partial charge is 0.384 e. The minimum Gasteiger partial charge on any atom is -0.384 e. The maximum absolute atomic E-state index is 13.9. The number of rotatable bonds is 5. The van der Waals surface area contributed by atoms with Crippen LogP contribution >= 0.6 is 0 Å². The van der Waals surface area contributed by atoms with Crippen LogP contribution in [-0.4, -0.2) is 63.8 Å². The number of aryl methyl sites for hydroxylation is 1. The summed E-state index contributed by atoms with van der Waals surface area (Å²) in [7, 11) is 3.72. The molecule has 1 aliphatic heterocycles. The first kappa shape index (κ1) is 28.8. The number of aromatic nitrogens is 3. The fourth-order valence-electron chi connectivity index (χ4n) is 4.67. The highest BCUT2D eigenvalue weighted by Crippen LogP contribution is 2.35. The molecule has 2 aromatic heterocycles. The van der Waals surface area contributed by atoms with Gasteiger partial charge in [0.15, 0.2) is 5.82 Å². The molecule has 1 fully saturated rings. The fraction of sp³-hybridized carbons (Fsp3) is 0.321. The Morgan fingerprint density at radius 2 is 1.70 bits per heavy atom. The molecule has 3 heterocycles. The van der Waals surface area contributed by atoms with Gasteiger partial charge in [-0.25, -0.2) is 9.78 Å². The Kier molecular flexibility index (Phi) is 8.31. The van der Waals surface area contributed by atoms with Gasteiger partial charge in [-0.3, -0.25) is 14.9 Å². The van der Waals surface area contributed by atoms with Crippen molar-refractivity contribution in [2.45, 2.75) is 20.1 Å². The molecule has 2 aromatic carbocycles. The second-order valence-corrected chi connectivity index (χ2v) is 9.71. The number of likely N-dealkylation sites (N-methyl/N-ethyl adjacent to an activating group) is 1. The molecule has 4 N–H and O–H groups in total. The van der Waals surface area contributed by atoms with Gasteiger partial charge in [0.25, 0.3) is 0 Å². The molecule has 0 atom stereocenters. The number of alkyl halides is 3. The molecule has 5 rings (SSSR count). The number of urea groups is 1. The Hall–Kier alpha value is -4.16. The number of carbonyl (C=O) groups excluding carboxylic acids is 1. The highest BCUT2D eigenvalue weighted by molar-refractivity contribution is 5.99. The Balaban J connectivity index is 0.00000370. The molecule has 1 saturated heterocycles. The van der Waals surface area contributed by atoms with Crippen LogP contribution in [0.1, 0.15) is 18.6 Å². The van der Waals surface area contributed by atoms with Crippen molar-refractivity contribution in [2.24, 2.45) is 7.05 Å². The van der Waals surface area contributed by atoms with Crippen molar-refractivity contribution in [1.82, 2.24) is 24.6 Å². The number of benzene rings is 2. The fourth-order valence-corrected chi connectivity index (χ4v) is 4.67. The number of piperazine rings is 1. The van der Waals surface area contributed by atoms with Crippen LogP contribution in [0.2, 0.25) is 0 Å². The number of hydrogen-bond acceptors (Lipinski definition) is 6. The molecule has 9 nitrogen and oxygen atoms in total. The van der Waals surface area contributed by atoms with E-state index in [1.807, 2.05) is 36.2 Å². The van der Waals surface area contributed by atoms with Crippen molar-refractivity contribution in [3.63, 3.8) is 0 Å². The molecule has 1 aliphatic rings. The number of halogens is 3. The number of nitrogen functional groups attached to an aromatic ring is 1. The van der Waals surface area contributed by atoms with E-state index in [4.69, 9.17) is 5.73 Å². The maximum atomic E-state index is 13.9. The van der Waals surface area contributed by atoms with E-state index < -0.39 is 17.8 Å². The monoisotopic (exact) mass is 554 g/mol. The summed E-state index contributed by atoms with van der Waals surface area (Å²) in [5.41, 5.74) is 7.51. The largest absolute Gasteiger partial charge is 0.416 e. The van der Waals surface area contributed by atoms with Gasteiger partial charge in [-0.15, -0.1) is 0 Å². The Morgan fingerprint density at radius 3 is 2.42 bits per heavy atom. The SMILES string of the molecule is C.CN1CCN(Cc2ccc(NC(=O)Nc3cc(-c4ccc5ccc(N)nc5c4)n(C)n3)cc2C(F)(F)F)CC1. The number of pyridine rings is 1. The van der Waals surface area contributed by atoms with Crippen molar-refractivity contribution < 1.29 is 18.0 Å². The van der Waals surface area contributed by atoms with Crippen molar-refractivity contribution in [2.75, 3.05) is 49.6 Å². The van der Waals surface area contributed by atoms with Gasteiger partial charge < -0.3 is 16.0 Å². The third kappa shape index (κ3) is 6.52. The minimum atomic E-state index is -4.55. The lowest BCUT2D eigenvalue weighted by molar-refractivity contribution is -0.138. The van der Waals surface area contributed by atoms with E-state index in [0.29, 0.717) is 24.6 Å². The van der Waals surface area contributed by atoms with E-state index in [-0.39, 0.29) is 31.0 Å². The first-order valence-corrected chi connectivity index (χ1v) is 12.4. The zero-order chi connectivity index (χ0) is 27.7. The number of carbonyl (C=O) groups is 1. The molecule has 4 aromatic rings. The summed E-state index contributed by atoms with van der Waals surface area (Å²) in [5, 5.41) is 10.3. The topological polar surface area (TPSA) is 104 Å². The van der Waals surface area contributed by atoms with Gasteiger partial charge in [0.1, 0.15) is 5.82 Å². The lowest BCUT2D eigenvalue weighted by Gasteiger charge is -2.33. The van der Waals surface area contributed by atoms with Gasteiger partial charge in [0.05, 0.1) is 16.8 Å². The highest BCUT2D eigenvalue weighted by atomic mass is 19.4. The van der Waals surface area contributed by atoms with Crippen LogP contribution in [0.15, 0.2) is 54.6 Å². The molecule has 0 spiro atoms. The average Bonchev–Trinajstić information content (AvgIpc) is 3.24. The summed E-state index contributed by atoms with van der Waals surface area (Å²) in [6, 6.07) is 14.2. The molecule has 0 bridgehead atoms. The number of nitrogens with two attached hydrogens (primary N) is 1. The summed E-state index contributed by atoms with van der Waals surface area (Å²) in [5.74, 6) is 0.651. The summed E-state index contributed by atoms with van der Waals surface area (Å²) in [6.45, 7) is 3.21. The standard InChI is InChI=1S/C27H29F3N8O.CH4/c1-36-9-11-38(12-10-36)16-19-5-7-20(14-21(19)27(28,29)30)32-26(39)34-25-15-23(37(2)35-25)18-4-3-17-6-8-24(31)33-22(17)13-18;/h3-8,13-15H,9-12,16H2,1-2H3,(H2,31,33)(H2,32,34,35,39);1H4. The van der Waals surface area contributed by atoms with Gasteiger partial charge >= 0.3 is 12.2 Å². The molecular weight excluding hydrogens is 521 g/mol. The van der Waals surface area contributed by atoms with E-state index in [1.54, 1.807) is 23.9 Å². The van der Waals surface area contributed by atoms with Crippen LogP contribution in [0.5, 0.6) is 0 Å². The lowest BCUT2D eigenvalue weighted by Crippen LogP contribution is -2.44. The average molecular weight is 555 g/mol. The van der Waals surface area contributed by atoms with Crippen LogP contribution in [-0.2, 0) is 19.8 Å². The van der Waals surface area contributed by atoms with Gasteiger partial charge in [-0.1, -0.05) is 25.6 Å². The van der Waals surface area contributed by atoms with Gasteiger partial charge in [-0.2, -0.15) is 18.3 Å². The predicted octanol–water partition coefficient (Wildman–Crippen LogP) is 5.26. The molecule has 0 unspecified atom stereocenters. The van der Waals surface area contributed by atoms with Crippen molar-refractivity contribution in [3.8, 4) is 11.3 Å². The van der Waals surface area contributed by atoms with Crippen molar-refractivity contribution >= 4 is 34.3 Å². The first-order valence-electron chi connectivity index (χ1n) is 12.4. The number of hydrogen-bond donors (Lipinski definition) is 3. The summed E-state index contributed by atoms with van der Waals surface area (Å²) in [6.07, 6.45) is -4.55. The number of anilines is 3. The quantitative estimate of drug-likeness (QED) is 0.311. The molecule has 0 aliphatic carbocycles. The third-order valence-electron chi connectivity index (χ3n) is 6.79. The lowest BCUT2D eigenvalue weighted by atomic mass is 10.0. The molecule has 0 saturated carbocycles. The molecule has 12 heteroatoms. The third-order valence-corrected chi connectivity index (χ3v) is 6.79. The molecule has 212 valence electrons. The zero-order valence-corrected chi connectivity index (χ0v) is 21.6. The molecule has 40 heavy (non-hydrogen) atoms. The van der Waals surface area contributed by atoms with Crippen molar-refractivity contribution in [3.05, 3.63) is 65.7 Å². The summed E-state index contributed by atoms with van der Waals surface area (Å²) < 4.78 is 43.2. The van der Waals surface area contributed by atoms with Gasteiger partial charge in [0, 0.05) is 62.5 Å². The second kappa shape index (κ2) is 11.5. The predicted molar refractivity (Wildman–Crippen MR) is 152 cm³/mol. The zero-order valence-electron chi connectivity index (χ0n) is 21.6. The first-order chi connectivity index (χ1) is 18.5. The van der Waals surface area contributed by atoms with Crippen LogP contribution in [0, 0.1) is 0 Å². The van der Waals surface area contributed by atoms with E-state index in [1.165, 1.54) is 12.1 Å². The number of nitrogens with one attached hydrogen (secondary N) is 2. The van der Waals surface area contributed by atoms with Gasteiger partial charge in [0.2, 0.25) is 0 Å². The van der Waals surface area contributed by atoms with Crippen LogP contribution in [0.4, 0.5) is 35.3 Å². The summed E-state index contributed by atoms with van der Waals surface area (Å²) >= 11 is 0. The minimum absolute atomic E-state index is 0. The van der Waals surface area contributed by atoms with Crippen LogP contribution in [0.25, 0.3) is 22.2 Å².